The molecule has 1 aromatic carbocycles. The molecular weight excluding hydrogens is 394 g/mol. The smallest absolute Gasteiger partial charge is 0.338 e. The van der Waals surface area contributed by atoms with E-state index in [1.807, 2.05) is 0 Å². The Bertz CT molecular complexity index is 803. The van der Waals surface area contributed by atoms with Crippen LogP contribution in [-0.2, 0) is 9.53 Å². The van der Waals surface area contributed by atoms with Gasteiger partial charge in [-0.1, -0.05) is 6.07 Å². The summed E-state index contributed by atoms with van der Waals surface area (Å²) in [6.07, 6.45) is 8.26. The molecule has 3 N–H and O–H groups in total. The first-order valence-corrected chi connectivity index (χ1v) is 11.6. The van der Waals surface area contributed by atoms with Crippen LogP contribution in [0.25, 0.3) is 0 Å². The maximum absolute atomic E-state index is 12.5. The number of benzene rings is 1. The van der Waals surface area contributed by atoms with Crippen molar-refractivity contribution in [3.63, 3.8) is 0 Å². The van der Waals surface area contributed by atoms with Gasteiger partial charge in [-0.05, 0) is 87.8 Å². The highest BCUT2D eigenvalue weighted by molar-refractivity contribution is 5.94. The number of anilines is 1. The minimum Gasteiger partial charge on any atom is -0.462 e. The summed E-state index contributed by atoms with van der Waals surface area (Å²) in [6.45, 7) is 2.51. The van der Waals surface area contributed by atoms with E-state index in [0.29, 0.717) is 37.2 Å². The maximum Gasteiger partial charge on any atom is 0.338 e. The molecule has 7 heteroatoms. The van der Waals surface area contributed by atoms with Crippen molar-refractivity contribution in [2.75, 3.05) is 18.5 Å². The molecule has 0 atom stereocenters. The van der Waals surface area contributed by atoms with Crippen LogP contribution in [0.3, 0.4) is 0 Å². The summed E-state index contributed by atoms with van der Waals surface area (Å²) >= 11 is 0. The van der Waals surface area contributed by atoms with Crippen LogP contribution in [0.1, 0.15) is 68.6 Å². The van der Waals surface area contributed by atoms with E-state index in [1.54, 1.807) is 31.2 Å². The van der Waals surface area contributed by atoms with Gasteiger partial charge in [0, 0.05) is 24.2 Å². The highest BCUT2D eigenvalue weighted by Crippen LogP contribution is 2.55. The van der Waals surface area contributed by atoms with Gasteiger partial charge in [-0.2, -0.15) is 0 Å². The summed E-state index contributed by atoms with van der Waals surface area (Å²) in [6, 6.07) is 6.59. The lowest BCUT2D eigenvalue weighted by molar-refractivity contribution is -0.116. The molecule has 5 rings (SSSR count). The van der Waals surface area contributed by atoms with Gasteiger partial charge in [0.1, 0.15) is 0 Å². The average Bonchev–Trinajstić information content (AvgIpc) is 2.70. The van der Waals surface area contributed by atoms with Crippen molar-refractivity contribution in [3.8, 4) is 0 Å². The largest absolute Gasteiger partial charge is 0.462 e. The fourth-order valence-electron chi connectivity index (χ4n) is 6.16. The minimum atomic E-state index is -0.409. The highest BCUT2D eigenvalue weighted by atomic mass is 16.5. The predicted molar refractivity (Wildman–Crippen MR) is 118 cm³/mol. The Balaban J connectivity index is 1.16. The van der Waals surface area contributed by atoms with E-state index in [9.17, 15) is 14.4 Å². The van der Waals surface area contributed by atoms with Crippen molar-refractivity contribution in [1.82, 2.24) is 10.6 Å². The molecule has 4 aliphatic rings. The Labute approximate surface area is 183 Å². The van der Waals surface area contributed by atoms with Crippen molar-refractivity contribution in [3.05, 3.63) is 29.8 Å². The molecule has 7 nitrogen and oxygen atoms in total. The second-order valence-electron chi connectivity index (χ2n) is 9.53. The summed E-state index contributed by atoms with van der Waals surface area (Å²) in [5.74, 6) is 1.81. The van der Waals surface area contributed by atoms with Gasteiger partial charge < -0.3 is 20.7 Å². The molecule has 3 amide bonds. The molecule has 0 aromatic heterocycles. The van der Waals surface area contributed by atoms with Gasteiger partial charge in [0.2, 0.25) is 5.91 Å². The van der Waals surface area contributed by atoms with Crippen LogP contribution in [0, 0.1) is 17.8 Å². The summed E-state index contributed by atoms with van der Waals surface area (Å²) in [7, 11) is 0. The molecule has 4 bridgehead atoms. The highest BCUT2D eigenvalue weighted by Gasteiger charge is 2.51. The number of rotatable bonds is 8. The second kappa shape index (κ2) is 9.28. The van der Waals surface area contributed by atoms with E-state index >= 15 is 0 Å². The topological polar surface area (TPSA) is 96.5 Å². The van der Waals surface area contributed by atoms with E-state index in [0.717, 1.165) is 37.0 Å². The normalized spacial score (nSPS) is 28.1. The Morgan fingerprint density at radius 2 is 1.74 bits per heavy atom. The van der Waals surface area contributed by atoms with Crippen molar-refractivity contribution in [2.45, 2.75) is 63.8 Å². The van der Waals surface area contributed by atoms with Gasteiger partial charge in [-0.15, -0.1) is 0 Å². The molecule has 0 aliphatic heterocycles. The number of nitrogens with one attached hydrogen (secondary N) is 3. The monoisotopic (exact) mass is 427 g/mol. The summed E-state index contributed by atoms with van der Waals surface area (Å²) in [5, 5.41) is 9.00. The molecule has 168 valence electrons. The lowest BCUT2D eigenvalue weighted by atomic mass is 9.53. The average molecular weight is 428 g/mol. The molecule has 0 saturated heterocycles. The fourth-order valence-corrected chi connectivity index (χ4v) is 6.16. The standard InChI is InChI=1S/C24H33N3O4/c1-2-31-22(29)19-5-3-6-20(12-19)26-21(28)7-4-8-25-23(30)27-24-13-16-9-17(14-24)11-18(10-16)15-24/h3,5-6,12,16-18H,2,4,7-11,13-15H2,1H3,(H,26,28)(H2,25,27,30). The first kappa shape index (κ1) is 21.7. The quantitative estimate of drug-likeness (QED) is 0.434. The number of ether oxygens (including phenoxy) is 1. The van der Waals surface area contributed by atoms with Crippen LogP contribution in [0.4, 0.5) is 10.5 Å². The third-order valence-corrected chi connectivity index (χ3v) is 6.94. The number of amides is 3. The number of carbonyl (C=O) groups is 3. The summed E-state index contributed by atoms with van der Waals surface area (Å²) in [5.41, 5.74) is 0.964. The Hall–Kier alpha value is -2.57. The van der Waals surface area contributed by atoms with Crippen LogP contribution in [0.2, 0.25) is 0 Å². The van der Waals surface area contributed by atoms with Gasteiger partial charge in [0.25, 0.3) is 0 Å². The van der Waals surface area contributed by atoms with E-state index in [4.69, 9.17) is 4.74 Å². The SMILES string of the molecule is CCOC(=O)c1cccc(NC(=O)CCCNC(=O)NC23CC4CC(CC(C4)C2)C3)c1. The van der Waals surface area contributed by atoms with Crippen LogP contribution < -0.4 is 16.0 Å². The Kier molecular flexibility index (Phi) is 6.49. The molecule has 4 saturated carbocycles. The van der Waals surface area contributed by atoms with E-state index < -0.39 is 5.97 Å². The number of hydrogen-bond acceptors (Lipinski definition) is 4. The van der Waals surface area contributed by atoms with Crippen LogP contribution in [0.15, 0.2) is 24.3 Å². The molecule has 31 heavy (non-hydrogen) atoms. The first-order valence-electron chi connectivity index (χ1n) is 11.6. The second-order valence-corrected chi connectivity index (χ2v) is 9.53. The van der Waals surface area contributed by atoms with E-state index in [2.05, 4.69) is 16.0 Å². The molecule has 4 aliphatic carbocycles. The number of hydrogen-bond donors (Lipinski definition) is 3. The lowest BCUT2D eigenvalue weighted by Gasteiger charge is -2.56. The van der Waals surface area contributed by atoms with Crippen molar-refractivity contribution >= 4 is 23.6 Å². The van der Waals surface area contributed by atoms with Crippen molar-refractivity contribution < 1.29 is 19.1 Å². The predicted octanol–water partition coefficient (Wildman–Crippen LogP) is 3.85. The minimum absolute atomic E-state index is 0.000149. The number of urea groups is 1. The Morgan fingerprint density at radius 1 is 1.06 bits per heavy atom. The van der Waals surface area contributed by atoms with Gasteiger partial charge in [0.05, 0.1) is 12.2 Å². The summed E-state index contributed by atoms with van der Waals surface area (Å²) < 4.78 is 4.98. The molecule has 0 heterocycles. The molecule has 0 unspecified atom stereocenters. The molecule has 0 spiro atoms. The maximum atomic E-state index is 12.5. The zero-order valence-corrected chi connectivity index (χ0v) is 18.2. The Morgan fingerprint density at radius 3 is 2.39 bits per heavy atom. The van der Waals surface area contributed by atoms with Gasteiger partial charge >= 0.3 is 12.0 Å². The van der Waals surface area contributed by atoms with Crippen LogP contribution >= 0.6 is 0 Å². The molecular formula is C24H33N3O4. The van der Waals surface area contributed by atoms with Crippen LogP contribution in [-0.4, -0.2) is 36.6 Å². The van der Waals surface area contributed by atoms with Crippen molar-refractivity contribution in [2.24, 2.45) is 17.8 Å². The number of esters is 1. The number of carbonyl (C=O) groups excluding carboxylic acids is 3. The van der Waals surface area contributed by atoms with Crippen LogP contribution in [0.5, 0.6) is 0 Å². The molecule has 0 radical (unpaired) electrons. The molecule has 1 aromatic rings. The van der Waals surface area contributed by atoms with Gasteiger partial charge in [-0.25, -0.2) is 9.59 Å². The first-order chi connectivity index (χ1) is 14.9. The van der Waals surface area contributed by atoms with Crippen molar-refractivity contribution in [1.29, 1.82) is 0 Å². The summed E-state index contributed by atoms with van der Waals surface area (Å²) in [4.78, 5) is 36.5. The fraction of sp³-hybridized carbons (Fsp3) is 0.625. The lowest BCUT2D eigenvalue weighted by Crippen LogP contribution is -2.61. The van der Waals surface area contributed by atoms with Gasteiger partial charge in [-0.3, -0.25) is 4.79 Å². The zero-order valence-electron chi connectivity index (χ0n) is 18.2. The zero-order chi connectivity index (χ0) is 21.8. The van der Waals surface area contributed by atoms with E-state index in [1.165, 1.54) is 19.3 Å². The third kappa shape index (κ3) is 5.38. The molecule has 4 fully saturated rings. The third-order valence-electron chi connectivity index (χ3n) is 6.94. The van der Waals surface area contributed by atoms with E-state index in [-0.39, 0.29) is 17.5 Å². The van der Waals surface area contributed by atoms with Gasteiger partial charge in [0.15, 0.2) is 0 Å².